The van der Waals surface area contributed by atoms with E-state index in [9.17, 15) is 4.21 Å². The molecule has 1 aromatic rings. The van der Waals surface area contributed by atoms with Crippen molar-refractivity contribution in [1.82, 2.24) is 0 Å². The maximum Gasteiger partial charge on any atom is 0.0459 e. The summed E-state index contributed by atoms with van der Waals surface area (Å²) in [5.41, 5.74) is 8.20. The summed E-state index contributed by atoms with van der Waals surface area (Å²) in [4.78, 5) is 2.25. The highest BCUT2D eigenvalue weighted by atomic mass is 35.5. The van der Waals surface area contributed by atoms with Gasteiger partial charge in [0.2, 0.25) is 0 Å². The molecule has 1 aliphatic heterocycles. The van der Waals surface area contributed by atoms with Crippen LogP contribution in [-0.4, -0.2) is 34.8 Å². The lowest BCUT2D eigenvalue weighted by atomic mass is 10.0. The van der Waals surface area contributed by atoms with Gasteiger partial charge in [-0.25, -0.2) is 0 Å². The predicted octanol–water partition coefficient (Wildman–Crippen LogP) is 2.19. The molecule has 0 spiro atoms. The topological polar surface area (TPSA) is 46.3 Å². The molecule has 0 radical (unpaired) electrons. The van der Waals surface area contributed by atoms with Crippen molar-refractivity contribution in [3.63, 3.8) is 0 Å². The minimum Gasteiger partial charge on any atom is -0.370 e. The van der Waals surface area contributed by atoms with Crippen molar-refractivity contribution >= 4 is 28.1 Å². The van der Waals surface area contributed by atoms with E-state index in [1.54, 1.807) is 0 Å². The van der Waals surface area contributed by atoms with Gasteiger partial charge in [-0.3, -0.25) is 4.21 Å². The first-order chi connectivity index (χ1) is 9.10. The molecule has 1 atom stereocenters. The largest absolute Gasteiger partial charge is 0.370 e. The first-order valence-electron chi connectivity index (χ1n) is 6.74. The molecule has 0 amide bonds. The van der Waals surface area contributed by atoms with Crippen molar-refractivity contribution in [3.8, 4) is 0 Å². The number of benzene rings is 1. The Labute approximate surface area is 122 Å². The Morgan fingerprint density at radius 1 is 1.42 bits per heavy atom. The fourth-order valence-corrected chi connectivity index (χ4v) is 3.53. The zero-order valence-electron chi connectivity index (χ0n) is 11.3. The van der Waals surface area contributed by atoms with Gasteiger partial charge in [0.05, 0.1) is 0 Å². The van der Waals surface area contributed by atoms with E-state index < -0.39 is 10.8 Å². The second-order valence-electron chi connectivity index (χ2n) is 4.98. The van der Waals surface area contributed by atoms with Crippen molar-refractivity contribution in [2.75, 3.05) is 29.5 Å². The molecular weight excluding hydrogens is 280 g/mol. The molecule has 0 saturated carbocycles. The third-order valence-corrected chi connectivity index (χ3v) is 5.21. The van der Waals surface area contributed by atoms with Gasteiger partial charge in [0.1, 0.15) is 0 Å². The third-order valence-electron chi connectivity index (χ3n) is 3.59. The number of rotatable bonds is 4. The van der Waals surface area contributed by atoms with Crippen molar-refractivity contribution in [3.05, 3.63) is 28.8 Å². The van der Waals surface area contributed by atoms with E-state index in [2.05, 4.69) is 24.0 Å². The molecule has 0 aromatic heterocycles. The summed E-state index contributed by atoms with van der Waals surface area (Å²) >= 11 is 6.34. The first kappa shape index (κ1) is 14.8. The number of halogens is 1. The Hall–Kier alpha value is -0.580. The maximum absolute atomic E-state index is 11.4. The van der Waals surface area contributed by atoms with Crippen LogP contribution in [0.2, 0.25) is 5.02 Å². The van der Waals surface area contributed by atoms with E-state index in [0.717, 1.165) is 53.7 Å². The van der Waals surface area contributed by atoms with Crippen LogP contribution >= 0.6 is 11.6 Å². The normalized spacial score (nSPS) is 18.6. The average Bonchev–Trinajstić information content (AvgIpc) is 2.41. The molecule has 1 saturated heterocycles. The molecular formula is C14H21ClN2OS. The molecule has 1 aliphatic rings. The minimum atomic E-state index is -0.645. The van der Waals surface area contributed by atoms with Crippen molar-refractivity contribution in [1.29, 1.82) is 0 Å². The van der Waals surface area contributed by atoms with Crippen LogP contribution in [0.5, 0.6) is 0 Å². The van der Waals surface area contributed by atoms with Gasteiger partial charge in [0, 0.05) is 52.1 Å². The van der Waals surface area contributed by atoms with Crippen LogP contribution in [-0.2, 0) is 17.2 Å². The fourth-order valence-electron chi connectivity index (χ4n) is 2.22. The monoisotopic (exact) mass is 300 g/mol. The molecule has 2 rings (SSSR count). The summed E-state index contributed by atoms with van der Waals surface area (Å²) < 4.78 is 11.4. The van der Waals surface area contributed by atoms with Gasteiger partial charge >= 0.3 is 0 Å². The highest BCUT2D eigenvalue weighted by Gasteiger charge is 2.16. The van der Waals surface area contributed by atoms with Crippen LogP contribution in [0.15, 0.2) is 18.2 Å². The lowest BCUT2D eigenvalue weighted by Crippen LogP contribution is -2.37. The Balaban J connectivity index is 2.08. The predicted molar refractivity (Wildman–Crippen MR) is 83.5 cm³/mol. The Morgan fingerprint density at radius 2 is 2.11 bits per heavy atom. The van der Waals surface area contributed by atoms with Gasteiger partial charge in [-0.05, 0) is 30.5 Å². The number of nitrogens with two attached hydrogens (primary N) is 1. The molecule has 1 unspecified atom stereocenters. The fraction of sp³-hybridized carbons (Fsp3) is 0.571. The molecule has 0 bridgehead atoms. The van der Waals surface area contributed by atoms with Gasteiger partial charge in [0.25, 0.3) is 0 Å². The zero-order valence-corrected chi connectivity index (χ0v) is 12.8. The zero-order chi connectivity index (χ0) is 13.8. The van der Waals surface area contributed by atoms with Crippen LogP contribution in [0, 0.1) is 0 Å². The lowest BCUT2D eigenvalue weighted by Gasteiger charge is -2.28. The number of anilines is 1. The van der Waals surface area contributed by atoms with Crippen LogP contribution < -0.4 is 10.6 Å². The Morgan fingerprint density at radius 3 is 2.68 bits per heavy atom. The molecule has 106 valence electrons. The second-order valence-corrected chi connectivity index (χ2v) is 7.09. The first-order valence-corrected chi connectivity index (χ1v) is 8.60. The van der Waals surface area contributed by atoms with Gasteiger partial charge in [-0.2, -0.15) is 0 Å². The Kier molecular flexibility index (Phi) is 5.25. The number of hydrogen-bond donors (Lipinski definition) is 1. The Bertz CT molecular complexity index is 457. The van der Waals surface area contributed by atoms with Gasteiger partial charge < -0.3 is 10.6 Å². The summed E-state index contributed by atoms with van der Waals surface area (Å²) in [7, 11) is -0.645. The van der Waals surface area contributed by atoms with E-state index in [1.807, 2.05) is 6.07 Å². The van der Waals surface area contributed by atoms with E-state index in [-0.39, 0.29) is 6.04 Å². The minimum absolute atomic E-state index is 0.167. The van der Waals surface area contributed by atoms with Crippen LogP contribution in [0.25, 0.3) is 0 Å². The molecule has 1 fully saturated rings. The van der Waals surface area contributed by atoms with Crippen molar-refractivity contribution in [2.45, 2.75) is 25.8 Å². The molecule has 3 nitrogen and oxygen atoms in total. The smallest absolute Gasteiger partial charge is 0.0459 e. The SMILES string of the molecule is CCC(N)Cc1ccc(N2CCS(=O)CC2)cc1Cl. The van der Waals surface area contributed by atoms with Crippen molar-refractivity contribution in [2.24, 2.45) is 5.73 Å². The molecule has 2 N–H and O–H groups in total. The highest BCUT2D eigenvalue weighted by molar-refractivity contribution is 7.85. The van der Waals surface area contributed by atoms with E-state index in [1.165, 1.54) is 0 Å². The second kappa shape index (κ2) is 6.73. The average molecular weight is 301 g/mol. The summed E-state index contributed by atoms with van der Waals surface area (Å²) in [5.74, 6) is 1.50. The van der Waals surface area contributed by atoms with Crippen molar-refractivity contribution < 1.29 is 4.21 Å². The van der Waals surface area contributed by atoms with Gasteiger partial charge in [0.15, 0.2) is 0 Å². The standard InChI is InChI=1S/C14H21ClN2OS/c1-2-12(16)9-11-3-4-13(10-14(11)15)17-5-7-19(18)8-6-17/h3-4,10,12H,2,5-9,16H2,1H3. The molecule has 1 heterocycles. The third kappa shape index (κ3) is 3.94. The molecule has 0 aliphatic carbocycles. The molecule has 1 aromatic carbocycles. The van der Waals surface area contributed by atoms with Crippen LogP contribution in [0.3, 0.4) is 0 Å². The summed E-state index contributed by atoms with van der Waals surface area (Å²) in [6.45, 7) is 3.77. The quantitative estimate of drug-likeness (QED) is 0.927. The van der Waals surface area contributed by atoms with E-state index in [0.29, 0.717) is 0 Å². The van der Waals surface area contributed by atoms with Crippen LogP contribution in [0.1, 0.15) is 18.9 Å². The molecule has 19 heavy (non-hydrogen) atoms. The van der Waals surface area contributed by atoms with Gasteiger partial charge in [-0.15, -0.1) is 0 Å². The van der Waals surface area contributed by atoms with E-state index >= 15 is 0 Å². The molecule has 5 heteroatoms. The summed E-state index contributed by atoms with van der Waals surface area (Å²) in [6.07, 6.45) is 1.77. The van der Waals surface area contributed by atoms with Crippen LogP contribution in [0.4, 0.5) is 5.69 Å². The highest BCUT2D eigenvalue weighted by Crippen LogP contribution is 2.25. The van der Waals surface area contributed by atoms with Gasteiger partial charge in [-0.1, -0.05) is 24.6 Å². The summed E-state index contributed by atoms with van der Waals surface area (Å²) in [6, 6.07) is 6.34. The maximum atomic E-state index is 11.4. The summed E-state index contributed by atoms with van der Waals surface area (Å²) in [5, 5.41) is 0.785. The van der Waals surface area contributed by atoms with E-state index in [4.69, 9.17) is 17.3 Å². The number of nitrogens with zero attached hydrogens (tertiary/aromatic N) is 1. The lowest BCUT2D eigenvalue weighted by molar-refractivity contribution is 0.646. The number of hydrogen-bond acceptors (Lipinski definition) is 3.